The van der Waals surface area contributed by atoms with Gasteiger partial charge in [-0.2, -0.15) is 0 Å². The highest BCUT2D eigenvalue weighted by atomic mass is 19.2. The average molecular weight is 565 g/mol. The fourth-order valence-corrected chi connectivity index (χ4v) is 4.95. The predicted molar refractivity (Wildman–Crippen MR) is 151 cm³/mol. The summed E-state index contributed by atoms with van der Waals surface area (Å²) in [7, 11) is 0. The van der Waals surface area contributed by atoms with Crippen LogP contribution >= 0.6 is 0 Å². The molecule has 0 bridgehead atoms. The molecule has 204 valence electrons. The Morgan fingerprint density at radius 2 is 1.05 bits per heavy atom. The van der Waals surface area contributed by atoms with Crippen LogP contribution in [0.5, 0.6) is 0 Å². The molecule has 5 aromatic carbocycles. The molecular formula is C34H17F5N2O. The number of aromatic nitrogens is 2. The monoisotopic (exact) mass is 564 g/mol. The Balaban J connectivity index is 1.15. The van der Waals surface area contributed by atoms with Crippen molar-refractivity contribution in [1.29, 1.82) is 0 Å². The first-order valence-corrected chi connectivity index (χ1v) is 12.9. The summed E-state index contributed by atoms with van der Waals surface area (Å²) < 4.78 is 75.1. The van der Waals surface area contributed by atoms with E-state index in [1.807, 2.05) is 72.8 Å². The predicted octanol–water partition coefficient (Wildman–Crippen LogP) is 9.74. The van der Waals surface area contributed by atoms with Gasteiger partial charge in [0.15, 0.2) is 28.9 Å². The lowest BCUT2D eigenvalue weighted by Gasteiger charge is -2.10. The molecule has 0 aliphatic heterocycles. The number of pyridine rings is 1. The van der Waals surface area contributed by atoms with Gasteiger partial charge < -0.3 is 4.42 Å². The quantitative estimate of drug-likeness (QED) is 0.121. The van der Waals surface area contributed by atoms with E-state index in [-0.39, 0.29) is 5.56 Å². The molecule has 42 heavy (non-hydrogen) atoms. The van der Waals surface area contributed by atoms with E-state index in [2.05, 4.69) is 9.97 Å². The maximum atomic E-state index is 14.2. The minimum Gasteiger partial charge on any atom is -0.436 e. The minimum atomic E-state index is -2.19. The van der Waals surface area contributed by atoms with E-state index in [1.54, 1.807) is 18.3 Å². The maximum absolute atomic E-state index is 14.2. The number of hydrogen-bond donors (Lipinski definition) is 0. The van der Waals surface area contributed by atoms with Crippen molar-refractivity contribution in [3.05, 3.63) is 132 Å². The summed E-state index contributed by atoms with van der Waals surface area (Å²) in [6, 6.07) is 28.9. The Morgan fingerprint density at radius 1 is 0.476 bits per heavy atom. The largest absolute Gasteiger partial charge is 0.436 e. The summed E-state index contributed by atoms with van der Waals surface area (Å²) in [5.41, 5.74) is 5.37. The Labute approximate surface area is 235 Å². The molecule has 2 heterocycles. The highest BCUT2D eigenvalue weighted by Crippen LogP contribution is 2.34. The van der Waals surface area contributed by atoms with Gasteiger partial charge in [0.2, 0.25) is 11.7 Å². The molecule has 0 N–H and O–H groups in total. The molecule has 0 amide bonds. The summed E-state index contributed by atoms with van der Waals surface area (Å²) in [6.45, 7) is 0. The summed E-state index contributed by atoms with van der Waals surface area (Å²) in [4.78, 5) is 9.16. The zero-order valence-corrected chi connectivity index (χ0v) is 21.5. The van der Waals surface area contributed by atoms with Crippen molar-refractivity contribution in [2.24, 2.45) is 0 Å². The second-order valence-corrected chi connectivity index (χ2v) is 9.72. The van der Waals surface area contributed by atoms with Gasteiger partial charge in [0, 0.05) is 22.7 Å². The third-order valence-corrected chi connectivity index (χ3v) is 7.16. The van der Waals surface area contributed by atoms with Crippen LogP contribution in [-0.2, 0) is 0 Å². The van der Waals surface area contributed by atoms with Crippen LogP contribution in [0.4, 0.5) is 22.0 Å². The Kier molecular flexibility index (Phi) is 6.04. The molecule has 0 fully saturated rings. The second kappa shape index (κ2) is 9.92. The highest BCUT2D eigenvalue weighted by Gasteiger charge is 2.26. The molecule has 0 atom stereocenters. The van der Waals surface area contributed by atoms with E-state index in [0.717, 1.165) is 44.3 Å². The van der Waals surface area contributed by atoms with Crippen LogP contribution < -0.4 is 0 Å². The van der Waals surface area contributed by atoms with Crippen LogP contribution in [0.2, 0.25) is 0 Å². The van der Waals surface area contributed by atoms with E-state index in [9.17, 15) is 22.0 Å². The zero-order valence-electron chi connectivity index (χ0n) is 21.5. The molecule has 0 unspecified atom stereocenters. The fraction of sp³-hybridized carbons (Fsp3) is 0. The van der Waals surface area contributed by atoms with Gasteiger partial charge in [-0.05, 0) is 58.7 Å². The van der Waals surface area contributed by atoms with E-state index in [1.165, 1.54) is 12.1 Å². The molecule has 0 radical (unpaired) electrons. The molecule has 8 heteroatoms. The van der Waals surface area contributed by atoms with Crippen LogP contribution in [0.25, 0.3) is 66.8 Å². The molecular weight excluding hydrogens is 547 g/mol. The molecule has 3 nitrogen and oxygen atoms in total. The minimum absolute atomic E-state index is 0.128. The number of fused-ring (bicyclic) bond motifs is 2. The van der Waals surface area contributed by atoms with Crippen molar-refractivity contribution in [1.82, 2.24) is 9.97 Å². The number of benzene rings is 5. The topological polar surface area (TPSA) is 38.9 Å². The molecule has 0 aliphatic rings. The van der Waals surface area contributed by atoms with Crippen LogP contribution in [0.3, 0.4) is 0 Å². The molecule has 7 aromatic rings. The highest BCUT2D eigenvalue weighted by molar-refractivity contribution is 5.88. The van der Waals surface area contributed by atoms with Gasteiger partial charge in [0.05, 0.1) is 11.1 Å². The number of rotatable bonds is 4. The van der Waals surface area contributed by atoms with Crippen LogP contribution in [-0.4, -0.2) is 9.97 Å². The lowest BCUT2D eigenvalue weighted by molar-refractivity contribution is 0.381. The number of halogens is 5. The van der Waals surface area contributed by atoms with Gasteiger partial charge in [-0.3, -0.25) is 4.98 Å². The smallest absolute Gasteiger partial charge is 0.227 e. The van der Waals surface area contributed by atoms with Crippen molar-refractivity contribution in [3.63, 3.8) is 0 Å². The van der Waals surface area contributed by atoms with Gasteiger partial charge in [0.25, 0.3) is 0 Å². The Morgan fingerprint density at radius 3 is 1.74 bits per heavy atom. The van der Waals surface area contributed by atoms with Gasteiger partial charge in [-0.25, -0.2) is 26.9 Å². The number of nitrogens with zero attached hydrogens (tertiary/aromatic N) is 2. The molecule has 0 aliphatic carbocycles. The van der Waals surface area contributed by atoms with E-state index < -0.39 is 34.6 Å². The van der Waals surface area contributed by atoms with Gasteiger partial charge in [-0.1, -0.05) is 60.7 Å². The maximum Gasteiger partial charge on any atom is 0.227 e. The third kappa shape index (κ3) is 4.28. The third-order valence-electron chi connectivity index (χ3n) is 7.16. The van der Waals surface area contributed by atoms with Crippen molar-refractivity contribution in [2.75, 3.05) is 0 Å². The van der Waals surface area contributed by atoms with Crippen LogP contribution in [0, 0.1) is 29.1 Å². The van der Waals surface area contributed by atoms with Gasteiger partial charge in [-0.15, -0.1) is 0 Å². The van der Waals surface area contributed by atoms with Crippen molar-refractivity contribution in [3.8, 4) is 44.8 Å². The second-order valence-electron chi connectivity index (χ2n) is 9.72. The van der Waals surface area contributed by atoms with Crippen LogP contribution in [0.1, 0.15) is 0 Å². The summed E-state index contributed by atoms with van der Waals surface area (Å²) >= 11 is 0. The van der Waals surface area contributed by atoms with E-state index >= 15 is 0 Å². The average Bonchev–Trinajstić information content (AvgIpc) is 3.47. The van der Waals surface area contributed by atoms with Crippen molar-refractivity contribution >= 4 is 22.0 Å². The van der Waals surface area contributed by atoms with Crippen LogP contribution in [0.15, 0.2) is 108 Å². The zero-order chi connectivity index (χ0) is 29.0. The van der Waals surface area contributed by atoms with Gasteiger partial charge >= 0.3 is 0 Å². The lowest BCUT2D eigenvalue weighted by Crippen LogP contribution is -2.03. The number of para-hydroxylation sites is 2. The van der Waals surface area contributed by atoms with Gasteiger partial charge in [0.1, 0.15) is 5.52 Å². The van der Waals surface area contributed by atoms with E-state index in [0.29, 0.717) is 11.5 Å². The first kappa shape index (κ1) is 25.6. The molecule has 0 spiro atoms. The standard InChI is InChI=1S/C34H17F5N2O/c35-29-28(30(36)32(38)33(39)31(29)37)20-9-5-18(6-10-20)22-13-14-23-15-24(17-40-26(23)16-22)19-7-11-21(12-8-19)34-41-25-3-1-2-4-27(25)42-34/h1-17H. The summed E-state index contributed by atoms with van der Waals surface area (Å²) in [5.74, 6) is -9.34. The fourth-order valence-electron chi connectivity index (χ4n) is 4.95. The molecule has 0 saturated heterocycles. The normalized spacial score (nSPS) is 11.5. The SMILES string of the molecule is Fc1c(F)c(F)c(-c2ccc(-c3ccc4cc(-c5ccc(-c6nc7ccccc7o6)cc5)cnc4c3)cc2)c(F)c1F. The Bertz CT molecular complexity index is 2080. The Hall–Kier alpha value is -5.37. The number of hydrogen-bond acceptors (Lipinski definition) is 3. The molecule has 2 aromatic heterocycles. The van der Waals surface area contributed by atoms with E-state index in [4.69, 9.17) is 4.42 Å². The summed E-state index contributed by atoms with van der Waals surface area (Å²) in [5, 5.41) is 0.900. The lowest BCUT2D eigenvalue weighted by atomic mass is 9.98. The first-order chi connectivity index (χ1) is 20.4. The van der Waals surface area contributed by atoms with Crippen molar-refractivity contribution < 1.29 is 26.4 Å². The molecule has 0 saturated carbocycles. The summed E-state index contributed by atoms with van der Waals surface area (Å²) in [6.07, 6.45) is 1.77. The van der Waals surface area contributed by atoms with Crippen molar-refractivity contribution in [2.45, 2.75) is 0 Å². The molecule has 7 rings (SSSR count). The number of oxazole rings is 1. The first-order valence-electron chi connectivity index (χ1n) is 12.9.